The predicted molar refractivity (Wildman–Crippen MR) is 90.7 cm³/mol. The molecule has 1 saturated heterocycles. The second kappa shape index (κ2) is 7.25. The molecule has 0 saturated carbocycles. The first kappa shape index (κ1) is 16.8. The van der Waals surface area contributed by atoms with E-state index in [1.807, 2.05) is 6.07 Å². The standard InChI is InChI=1S/C19H17FN2O3/c20-14-8-6-13(7-9-14)17(23)12-21-19(25)16-10-11-18(24)22(16)15-4-2-1-3-5-15/h1-9,16H,10-12H2,(H,21,25). The molecule has 1 atom stereocenters. The minimum atomic E-state index is -0.629. The first-order valence-electron chi connectivity index (χ1n) is 8.00. The number of para-hydroxylation sites is 1. The van der Waals surface area contributed by atoms with Crippen molar-refractivity contribution in [3.05, 3.63) is 66.0 Å². The monoisotopic (exact) mass is 340 g/mol. The maximum absolute atomic E-state index is 12.9. The number of nitrogens with one attached hydrogen (secondary N) is 1. The van der Waals surface area contributed by atoms with Crippen LogP contribution in [0.4, 0.5) is 10.1 Å². The molecule has 1 aliphatic rings. The highest BCUT2D eigenvalue weighted by Crippen LogP contribution is 2.26. The fraction of sp³-hybridized carbons (Fsp3) is 0.211. The first-order valence-corrected chi connectivity index (χ1v) is 8.00. The number of benzene rings is 2. The van der Waals surface area contributed by atoms with E-state index in [9.17, 15) is 18.8 Å². The lowest BCUT2D eigenvalue weighted by molar-refractivity contribution is -0.123. The Morgan fingerprint density at radius 1 is 1.08 bits per heavy atom. The number of hydrogen-bond acceptors (Lipinski definition) is 3. The summed E-state index contributed by atoms with van der Waals surface area (Å²) in [7, 11) is 0. The molecule has 1 aliphatic heterocycles. The summed E-state index contributed by atoms with van der Waals surface area (Å²) in [5.41, 5.74) is 0.985. The predicted octanol–water partition coefficient (Wildman–Crippen LogP) is 2.32. The summed E-state index contributed by atoms with van der Waals surface area (Å²) in [6.07, 6.45) is 0.698. The summed E-state index contributed by atoms with van der Waals surface area (Å²) in [4.78, 5) is 38.1. The Balaban J connectivity index is 1.65. The van der Waals surface area contributed by atoms with Gasteiger partial charge in [-0.1, -0.05) is 18.2 Å². The second-order valence-electron chi connectivity index (χ2n) is 5.80. The van der Waals surface area contributed by atoms with E-state index in [2.05, 4.69) is 5.32 Å². The summed E-state index contributed by atoms with van der Waals surface area (Å²) in [6.45, 7) is -0.197. The quantitative estimate of drug-likeness (QED) is 0.850. The van der Waals surface area contributed by atoms with E-state index in [-0.39, 0.29) is 24.1 Å². The number of carbonyl (C=O) groups is 3. The van der Waals surface area contributed by atoms with Gasteiger partial charge in [-0.05, 0) is 42.8 Å². The van der Waals surface area contributed by atoms with Gasteiger partial charge in [0, 0.05) is 17.7 Å². The largest absolute Gasteiger partial charge is 0.347 e. The number of ketones is 1. The normalized spacial score (nSPS) is 16.8. The van der Waals surface area contributed by atoms with Crippen LogP contribution in [0.25, 0.3) is 0 Å². The van der Waals surface area contributed by atoms with E-state index < -0.39 is 11.9 Å². The van der Waals surface area contributed by atoms with Crippen LogP contribution in [0.15, 0.2) is 54.6 Å². The third-order valence-electron chi connectivity index (χ3n) is 4.14. The van der Waals surface area contributed by atoms with Crippen LogP contribution < -0.4 is 10.2 Å². The second-order valence-corrected chi connectivity index (χ2v) is 5.80. The van der Waals surface area contributed by atoms with Crippen molar-refractivity contribution in [2.24, 2.45) is 0 Å². The molecule has 5 nitrogen and oxygen atoms in total. The smallest absolute Gasteiger partial charge is 0.243 e. The van der Waals surface area contributed by atoms with Crippen LogP contribution in [0.2, 0.25) is 0 Å². The Labute approximate surface area is 144 Å². The fourth-order valence-corrected chi connectivity index (χ4v) is 2.87. The van der Waals surface area contributed by atoms with Gasteiger partial charge in [-0.15, -0.1) is 0 Å². The molecule has 128 valence electrons. The third-order valence-corrected chi connectivity index (χ3v) is 4.14. The van der Waals surface area contributed by atoms with Crippen LogP contribution in [0.5, 0.6) is 0 Å². The molecular formula is C19H17FN2O3. The number of halogens is 1. The van der Waals surface area contributed by atoms with Gasteiger partial charge in [-0.2, -0.15) is 0 Å². The molecule has 1 heterocycles. The van der Waals surface area contributed by atoms with Crippen LogP contribution >= 0.6 is 0 Å². The topological polar surface area (TPSA) is 66.5 Å². The highest BCUT2D eigenvalue weighted by Gasteiger charge is 2.36. The summed E-state index contributed by atoms with van der Waals surface area (Å²) in [6, 6.07) is 13.5. The Morgan fingerprint density at radius 3 is 2.44 bits per heavy atom. The molecule has 0 aliphatic carbocycles. The van der Waals surface area contributed by atoms with E-state index in [4.69, 9.17) is 0 Å². The van der Waals surface area contributed by atoms with Crippen molar-refractivity contribution in [1.29, 1.82) is 0 Å². The average Bonchev–Trinajstić information content (AvgIpc) is 3.02. The van der Waals surface area contributed by atoms with E-state index in [1.165, 1.54) is 29.2 Å². The van der Waals surface area contributed by atoms with Gasteiger partial charge in [0.25, 0.3) is 0 Å². The maximum Gasteiger partial charge on any atom is 0.243 e. The molecule has 2 aromatic rings. The van der Waals surface area contributed by atoms with Gasteiger partial charge in [0.2, 0.25) is 11.8 Å². The van der Waals surface area contributed by atoms with Crippen LogP contribution in [-0.4, -0.2) is 30.2 Å². The Morgan fingerprint density at radius 2 is 1.76 bits per heavy atom. The minimum absolute atomic E-state index is 0.115. The molecule has 0 aromatic heterocycles. The maximum atomic E-state index is 12.9. The number of hydrogen-bond donors (Lipinski definition) is 1. The lowest BCUT2D eigenvalue weighted by atomic mass is 10.1. The Kier molecular flexibility index (Phi) is 4.88. The van der Waals surface area contributed by atoms with E-state index in [1.54, 1.807) is 24.3 Å². The molecule has 25 heavy (non-hydrogen) atoms. The highest BCUT2D eigenvalue weighted by molar-refractivity contribution is 6.05. The molecule has 1 unspecified atom stereocenters. The molecular weight excluding hydrogens is 323 g/mol. The number of rotatable bonds is 5. The summed E-state index contributed by atoms with van der Waals surface area (Å²) < 4.78 is 12.9. The minimum Gasteiger partial charge on any atom is -0.347 e. The van der Waals surface area contributed by atoms with Gasteiger partial charge >= 0.3 is 0 Å². The molecule has 2 amide bonds. The zero-order valence-corrected chi connectivity index (χ0v) is 13.4. The van der Waals surface area contributed by atoms with Crippen LogP contribution in [0.3, 0.4) is 0 Å². The van der Waals surface area contributed by atoms with Gasteiger partial charge in [0.05, 0.1) is 6.54 Å². The highest BCUT2D eigenvalue weighted by atomic mass is 19.1. The Hall–Kier alpha value is -3.02. The zero-order valence-electron chi connectivity index (χ0n) is 13.4. The number of amides is 2. The number of carbonyl (C=O) groups excluding carboxylic acids is 3. The summed E-state index contributed by atoms with van der Waals surface area (Å²) >= 11 is 0. The number of anilines is 1. The average molecular weight is 340 g/mol. The van der Waals surface area contributed by atoms with Crippen LogP contribution in [0.1, 0.15) is 23.2 Å². The summed E-state index contributed by atoms with van der Waals surface area (Å²) in [5.74, 6) is -1.23. The first-order chi connectivity index (χ1) is 12.1. The van der Waals surface area contributed by atoms with Crippen molar-refractivity contribution in [1.82, 2.24) is 5.32 Å². The SMILES string of the molecule is O=C(CNC(=O)C1CCC(=O)N1c1ccccc1)c1ccc(F)cc1. The van der Waals surface area contributed by atoms with Crippen molar-refractivity contribution in [2.75, 3.05) is 11.4 Å². The molecule has 3 rings (SSSR count). The molecule has 0 bridgehead atoms. The lowest BCUT2D eigenvalue weighted by Crippen LogP contribution is -2.46. The van der Waals surface area contributed by atoms with Crippen molar-refractivity contribution < 1.29 is 18.8 Å². The van der Waals surface area contributed by atoms with E-state index in [0.29, 0.717) is 24.1 Å². The lowest BCUT2D eigenvalue weighted by Gasteiger charge is -2.24. The van der Waals surface area contributed by atoms with E-state index >= 15 is 0 Å². The van der Waals surface area contributed by atoms with Gasteiger partial charge in [-0.3, -0.25) is 19.3 Å². The number of nitrogens with zero attached hydrogens (tertiary/aromatic N) is 1. The van der Waals surface area contributed by atoms with Crippen molar-refractivity contribution in [3.63, 3.8) is 0 Å². The van der Waals surface area contributed by atoms with Gasteiger partial charge in [0.1, 0.15) is 11.9 Å². The molecule has 1 N–H and O–H groups in total. The van der Waals surface area contributed by atoms with Crippen LogP contribution in [0, 0.1) is 5.82 Å². The molecule has 1 fully saturated rings. The Bertz CT molecular complexity index is 790. The van der Waals surface area contributed by atoms with Gasteiger partial charge < -0.3 is 5.32 Å². The molecule has 6 heteroatoms. The number of Topliss-reactive ketones (excluding diaryl/α,β-unsaturated/α-hetero) is 1. The third kappa shape index (κ3) is 3.74. The van der Waals surface area contributed by atoms with Gasteiger partial charge in [-0.25, -0.2) is 4.39 Å². The van der Waals surface area contributed by atoms with Crippen molar-refractivity contribution in [3.8, 4) is 0 Å². The van der Waals surface area contributed by atoms with Gasteiger partial charge in [0.15, 0.2) is 5.78 Å². The van der Waals surface area contributed by atoms with Crippen molar-refractivity contribution >= 4 is 23.3 Å². The van der Waals surface area contributed by atoms with Crippen molar-refractivity contribution in [2.45, 2.75) is 18.9 Å². The fourth-order valence-electron chi connectivity index (χ4n) is 2.87. The zero-order chi connectivity index (χ0) is 17.8. The molecule has 0 spiro atoms. The molecule has 2 aromatic carbocycles. The van der Waals surface area contributed by atoms with Crippen LogP contribution in [-0.2, 0) is 9.59 Å². The molecule has 0 radical (unpaired) electrons. The van der Waals surface area contributed by atoms with E-state index in [0.717, 1.165) is 0 Å². The summed E-state index contributed by atoms with van der Waals surface area (Å²) in [5, 5.41) is 2.58.